The molecular weight excluding hydrogens is 436 g/mol. The van der Waals surface area contributed by atoms with E-state index in [9.17, 15) is 9.59 Å². The Labute approximate surface area is 190 Å². The molecule has 0 aliphatic heterocycles. The van der Waals surface area contributed by atoms with Crippen LogP contribution in [-0.2, 0) is 11.3 Å². The Morgan fingerprint density at radius 1 is 0.906 bits per heavy atom. The van der Waals surface area contributed by atoms with Gasteiger partial charge < -0.3 is 29.3 Å². The first-order valence-electron chi connectivity index (χ1n) is 9.64. The third kappa shape index (κ3) is 5.53. The lowest BCUT2D eigenvalue weighted by Gasteiger charge is -2.14. The van der Waals surface area contributed by atoms with Gasteiger partial charge in [-0.2, -0.15) is 0 Å². The lowest BCUT2D eigenvalue weighted by molar-refractivity contribution is -0.120. The summed E-state index contributed by atoms with van der Waals surface area (Å²) in [5.41, 5.74) is 1.15. The summed E-state index contributed by atoms with van der Waals surface area (Å²) in [5, 5.41) is 5.91. The first-order valence-corrected chi connectivity index (χ1v) is 10.0. The van der Waals surface area contributed by atoms with Gasteiger partial charge in [-0.25, -0.2) is 0 Å². The van der Waals surface area contributed by atoms with E-state index < -0.39 is 5.91 Å². The number of benzene rings is 2. The van der Waals surface area contributed by atoms with Gasteiger partial charge in [0.15, 0.2) is 11.5 Å². The minimum absolute atomic E-state index is 0.187. The van der Waals surface area contributed by atoms with E-state index in [1.807, 2.05) is 18.2 Å². The Morgan fingerprint density at radius 3 is 2.16 bits per heavy atom. The number of hydrogen-bond donors (Lipinski definition) is 2. The number of methoxy groups -OCH3 is 3. The molecule has 2 amide bonds. The Morgan fingerprint density at radius 2 is 1.56 bits per heavy atom. The van der Waals surface area contributed by atoms with E-state index >= 15 is 0 Å². The van der Waals surface area contributed by atoms with Crippen LogP contribution in [0.15, 0.2) is 52.9 Å². The molecule has 3 rings (SSSR count). The van der Waals surface area contributed by atoms with Crippen LogP contribution < -0.4 is 24.8 Å². The zero-order valence-corrected chi connectivity index (χ0v) is 18.6. The van der Waals surface area contributed by atoms with Crippen LogP contribution in [0.25, 0.3) is 11.3 Å². The van der Waals surface area contributed by atoms with Gasteiger partial charge in [0.05, 0.1) is 34.4 Å². The minimum Gasteiger partial charge on any atom is -0.493 e. The highest BCUT2D eigenvalue weighted by atomic mass is 35.5. The second-order valence-electron chi connectivity index (χ2n) is 6.65. The highest BCUT2D eigenvalue weighted by molar-refractivity contribution is 6.30. The van der Waals surface area contributed by atoms with Crippen molar-refractivity contribution in [3.8, 4) is 28.6 Å². The van der Waals surface area contributed by atoms with Crippen LogP contribution in [0.4, 0.5) is 0 Å². The molecule has 0 atom stereocenters. The molecule has 1 heterocycles. The first-order chi connectivity index (χ1) is 15.4. The minimum atomic E-state index is -0.456. The highest BCUT2D eigenvalue weighted by Gasteiger charge is 2.17. The zero-order valence-electron chi connectivity index (χ0n) is 17.9. The third-order valence-electron chi connectivity index (χ3n) is 4.59. The fraction of sp³-hybridized carbons (Fsp3) is 0.217. The van der Waals surface area contributed by atoms with Crippen molar-refractivity contribution in [3.05, 3.63) is 64.9 Å². The maximum atomic E-state index is 12.5. The van der Waals surface area contributed by atoms with Crippen LogP contribution in [0.1, 0.15) is 16.1 Å². The SMILES string of the molecule is COc1cc(C(=O)NCC(=O)NCc2ccc(-c3ccc(Cl)cc3)o2)cc(OC)c1OC. The molecule has 8 nitrogen and oxygen atoms in total. The quantitative estimate of drug-likeness (QED) is 0.507. The van der Waals surface area contributed by atoms with Crippen LogP contribution >= 0.6 is 11.6 Å². The summed E-state index contributed by atoms with van der Waals surface area (Å²) < 4.78 is 21.5. The van der Waals surface area contributed by atoms with Gasteiger partial charge >= 0.3 is 0 Å². The molecule has 3 aromatic rings. The molecule has 0 spiro atoms. The van der Waals surface area contributed by atoms with Crippen molar-refractivity contribution in [2.24, 2.45) is 0 Å². The van der Waals surface area contributed by atoms with Crippen molar-refractivity contribution in [3.63, 3.8) is 0 Å². The third-order valence-corrected chi connectivity index (χ3v) is 4.84. The number of nitrogens with one attached hydrogen (secondary N) is 2. The molecular formula is C23H23ClN2O6. The number of furan rings is 1. The Balaban J connectivity index is 1.54. The van der Waals surface area contributed by atoms with Gasteiger partial charge in [-0.1, -0.05) is 11.6 Å². The van der Waals surface area contributed by atoms with E-state index in [1.165, 1.54) is 33.5 Å². The largest absolute Gasteiger partial charge is 0.493 e. The van der Waals surface area contributed by atoms with Crippen molar-refractivity contribution in [2.75, 3.05) is 27.9 Å². The molecule has 0 saturated carbocycles. The maximum Gasteiger partial charge on any atom is 0.251 e. The fourth-order valence-corrected chi connectivity index (χ4v) is 3.09. The second kappa shape index (κ2) is 10.6. The van der Waals surface area contributed by atoms with E-state index in [-0.39, 0.29) is 24.6 Å². The summed E-state index contributed by atoms with van der Waals surface area (Å²) in [6.07, 6.45) is 0. The Bertz CT molecular complexity index is 1070. The molecule has 0 fully saturated rings. The van der Waals surface area contributed by atoms with Crippen molar-refractivity contribution in [1.29, 1.82) is 0 Å². The predicted molar refractivity (Wildman–Crippen MR) is 119 cm³/mol. The number of hydrogen-bond acceptors (Lipinski definition) is 6. The lowest BCUT2D eigenvalue weighted by Crippen LogP contribution is -2.36. The first kappa shape index (κ1) is 23.0. The van der Waals surface area contributed by atoms with Crippen molar-refractivity contribution in [2.45, 2.75) is 6.54 Å². The smallest absolute Gasteiger partial charge is 0.251 e. The molecule has 2 aromatic carbocycles. The number of ether oxygens (including phenoxy) is 3. The number of carbonyl (C=O) groups excluding carboxylic acids is 2. The van der Waals surface area contributed by atoms with Gasteiger partial charge in [0, 0.05) is 16.1 Å². The van der Waals surface area contributed by atoms with Crippen molar-refractivity contribution < 1.29 is 28.2 Å². The van der Waals surface area contributed by atoms with E-state index in [2.05, 4.69) is 10.6 Å². The molecule has 0 aliphatic rings. The van der Waals surface area contributed by atoms with E-state index in [0.29, 0.717) is 33.8 Å². The fourth-order valence-electron chi connectivity index (χ4n) is 2.97. The molecule has 0 radical (unpaired) electrons. The number of rotatable bonds is 9. The average molecular weight is 459 g/mol. The van der Waals surface area contributed by atoms with Gasteiger partial charge in [-0.3, -0.25) is 9.59 Å². The van der Waals surface area contributed by atoms with Gasteiger partial charge in [-0.05, 0) is 48.5 Å². The van der Waals surface area contributed by atoms with E-state index in [4.69, 9.17) is 30.2 Å². The standard InChI is InChI=1S/C23H23ClN2O6/c1-29-19-10-15(11-20(30-2)22(19)31-3)23(28)26-13-21(27)25-12-17-8-9-18(32-17)14-4-6-16(24)7-5-14/h4-11H,12-13H2,1-3H3,(H,25,27)(H,26,28). The topological polar surface area (TPSA) is 99.0 Å². The van der Waals surface area contributed by atoms with Crippen molar-refractivity contribution in [1.82, 2.24) is 10.6 Å². The molecule has 2 N–H and O–H groups in total. The van der Waals surface area contributed by atoms with E-state index in [1.54, 1.807) is 18.2 Å². The lowest BCUT2D eigenvalue weighted by atomic mass is 10.1. The number of carbonyl (C=O) groups is 2. The van der Waals surface area contributed by atoms with Gasteiger partial charge in [-0.15, -0.1) is 0 Å². The zero-order chi connectivity index (χ0) is 23.1. The second-order valence-corrected chi connectivity index (χ2v) is 7.08. The van der Waals surface area contributed by atoms with Crippen LogP contribution in [0, 0.1) is 0 Å². The van der Waals surface area contributed by atoms with E-state index in [0.717, 1.165) is 5.56 Å². The normalized spacial score (nSPS) is 10.4. The number of amides is 2. The molecule has 32 heavy (non-hydrogen) atoms. The van der Waals surface area contributed by atoms with Gasteiger partial charge in [0.25, 0.3) is 5.91 Å². The molecule has 168 valence electrons. The summed E-state index contributed by atoms with van der Waals surface area (Å²) in [5.74, 6) is 1.49. The van der Waals surface area contributed by atoms with Gasteiger partial charge in [0.2, 0.25) is 11.7 Å². The highest BCUT2D eigenvalue weighted by Crippen LogP contribution is 2.38. The van der Waals surface area contributed by atoms with Crippen LogP contribution in [0.2, 0.25) is 5.02 Å². The monoisotopic (exact) mass is 458 g/mol. The predicted octanol–water partition coefficient (Wildman–Crippen LogP) is 3.67. The molecule has 9 heteroatoms. The summed E-state index contributed by atoms with van der Waals surface area (Å²) in [4.78, 5) is 24.6. The Kier molecular flexibility index (Phi) is 7.62. The molecule has 0 saturated heterocycles. The number of halogens is 1. The van der Waals surface area contributed by atoms with Crippen molar-refractivity contribution >= 4 is 23.4 Å². The van der Waals surface area contributed by atoms with Crippen LogP contribution in [0.3, 0.4) is 0 Å². The molecule has 0 unspecified atom stereocenters. The van der Waals surface area contributed by atoms with Gasteiger partial charge in [0.1, 0.15) is 11.5 Å². The molecule has 0 bridgehead atoms. The van der Waals surface area contributed by atoms with Crippen LogP contribution in [0.5, 0.6) is 17.2 Å². The Hall–Kier alpha value is -3.65. The average Bonchev–Trinajstić information content (AvgIpc) is 3.29. The summed E-state index contributed by atoms with van der Waals surface area (Å²) in [7, 11) is 4.39. The summed E-state index contributed by atoms with van der Waals surface area (Å²) in [6, 6.07) is 13.9. The van der Waals surface area contributed by atoms with Crippen LogP contribution in [-0.4, -0.2) is 39.7 Å². The maximum absolute atomic E-state index is 12.5. The molecule has 1 aromatic heterocycles. The molecule has 0 aliphatic carbocycles. The summed E-state index contributed by atoms with van der Waals surface area (Å²) in [6.45, 7) is -0.0211. The summed E-state index contributed by atoms with van der Waals surface area (Å²) >= 11 is 5.90.